The quantitative estimate of drug-likeness (QED) is 0.820. The number of hydroxylamine groups is 2. The van der Waals surface area contributed by atoms with Crippen molar-refractivity contribution in [3.63, 3.8) is 0 Å². The smallest absolute Gasteiger partial charge is 0.324 e. The Labute approximate surface area is 127 Å². The van der Waals surface area contributed by atoms with Gasteiger partial charge in [-0.15, -0.1) is 6.58 Å². The third-order valence-corrected chi connectivity index (χ3v) is 3.43. The summed E-state index contributed by atoms with van der Waals surface area (Å²) in [5.74, 6) is -0.153. The van der Waals surface area contributed by atoms with Crippen molar-refractivity contribution in [2.75, 3.05) is 25.0 Å². The lowest BCUT2D eigenvalue weighted by molar-refractivity contribution is -0.114. The van der Waals surface area contributed by atoms with Gasteiger partial charge in [-0.05, 0) is 6.08 Å². The van der Waals surface area contributed by atoms with E-state index < -0.39 is 0 Å². The van der Waals surface area contributed by atoms with Gasteiger partial charge in [0.1, 0.15) is 0 Å². The van der Waals surface area contributed by atoms with Crippen molar-refractivity contribution in [2.24, 2.45) is 0 Å². The van der Waals surface area contributed by atoms with E-state index in [1.807, 2.05) is 6.08 Å². The van der Waals surface area contributed by atoms with E-state index in [-0.39, 0.29) is 24.6 Å². The van der Waals surface area contributed by atoms with Crippen molar-refractivity contribution in [1.29, 1.82) is 0 Å². The molecule has 1 saturated heterocycles. The first-order valence-electron chi connectivity index (χ1n) is 6.94. The second kappa shape index (κ2) is 5.64. The number of rotatable bonds is 5. The molecule has 2 bridgehead atoms. The number of urea groups is 1. The third-order valence-electron chi connectivity index (χ3n) is 3.43. The molecule has 0 aliphatic carbocycles. The molecule has 1 aromatic heterocycles. The number of hydrogen-bond donors (Lipinski definition) is 1. The predicted molar refractivity (Wildman–Crippen MR) is 79.5 cm³/mol. The molecule has 0 spiro atoms. The summed E-state index contributed by atoms with van der Waals surface area (Å²) in [4.78, 5) is 30.4. The number of amides is 3. The predicted octanol–water partition coefficient (Wildman–Crippen LogP) is 0.920. The fourth-order valence-corrected chi connectivity index (χ4v) is 2.56. The van der Waals surface area contributed by atoms with Crippen LogP contribution in [0.2, 0.25) is 0 Å². The van der Waals surface area contributed by atoms with Crippen LogP contribution < -0.4 is 5.32 Å². The van der Waals surface area contributed by atoms with Crippen LogP contribution in [-0.2, 0) is 9.63 Å². The van der Waals surface area contributed by atoms with Gasteiger partial charge in [0.2, 0.25) is 5.91 Å². The molecule has 2 aliphatic rings. The summed E-state index contributed by atoms with van der Waals surface area (Å²) >= 11 is 0. The second-order valence-corrected chi connectivity index (χ2v) is 5.15. The van der Waals surface area contributed by atoms with Crippen LogP contribution in [0.15, 0.2) is 31.1 Å². The summed E-state index contributed by atoms with van der Waals surface area (Å²) in [5, 5.41) is 8.26. The number of anilines is 1. The van der Waals surface area contributed by atoms with E-state index in [1.54, 1.807) is 28.1 Å². The molecule has 0 radical (unpaired) electrons. The molecule has 3 rings (SSSR count). The van der Waals surface area contributed by atoms with Crippen molar-refractivity contribution >= 4 is 23.3 Å². The van der Waals surface area contributed by atoms with Crippen molar-refractivity contribution in [3.8, 4) is 0 Å². The Hall–Kier alpha value is -2.61. The van der Waals surface area contributed by atoms with Gasteiger partial charge in [-0.1, -0.05) is 6.08 Å². The number of hydrogen-bond acceptors (Lipinski definition) is 4. The van der Waals surface area contributed by atoms with Gasteiger partial charge < -0.3 is 10.2 Å². The molecule has 1 atom stereocenters. The topological polar surface area (TPSA) is 79.7 Å². The fourth-order valence-electron chi connectivity index (χ4n) is 2.56. The van der Waals surface area contributed by atoms with E-state index in [1.165, 1.54) is 12.0 Å². The maximum absolute atomic E-state index is 12.2. The lowest BCUT2D eigenvalue weighted by Gasteiger charge is -2.21. The minimum Gasteiger partial charge on any atom is -0.324 e. The molecule has 1 aromatic rings. The molecule has 0 saturated carbocycles. The van der Waals surface area contributed by atoms with Gasteiger partial charge in [0, 0.05) is 13.5 Å². The molecular formula is C14H17N5O3. The van der Waals surface area contributed by atoms with Gasteiger partial charge in [0.25, 0.3) is 0 Å². The highest BCUT2D eigenvalue weighted by molar-refractivity contribution is 5.88. The molecule has 2 aliphatic heterocycles. The molecule has 3 heterocycles. The fraction of sp³-hybridized carbons (Fsp3) is 0.357. The van der Waals surface area contributed by atoms with E-state index >= 15 is 0 Å². The Morgan fingerprint density at radius 3 is 3.18 bits per heavy atom. The molecule has 0 aromatic carbocycles. The summed E-state index contributed by atoms with van der Waals surface area (Å²) < 4.78 is 1.66. The highest BCUT2D eigenvalue weighted by Crippen LogP contribution is 2.26. The van der Waals surface area contributed by atoms with Crippen molar-refractivity contribution in [3.05, 3.63) is 31.1 Å². The zero-order chi connectivity index (χ0) is 15.7. The third kappa shape index (κ3) is 2.60. The summed E-state index contributed by atoms with van der Waals surface area (Å²) in [6.07, 6.45) is 6.85. The monoisotopic (exact) mass is 303 g/mol. The first-order chi connectivity index (χ1) is 10.6. The molecular weight excluding hydrogens is 286 g/mol. The van der Waals surface area contributed by atoms with Crippen molar-refractivity contribution < 1.29 is 14.4 Å². The number of carbonyl (C=O) groups is 2. The minimum absolute atomic E-state index is 0.149. The van der Waals surface area contributed by atoms with E-state index in [9.17, 15) is 9.59 Å². The van der Waals surface area contributed by atoms with E-state index in [2.05, 4.69) is 17.0 Å². The lowest BCUT2D eigenvalue weighted by Crippen LogP contribution is -2.33. The molecule has 3 amide bonds. The highest BCUT2D eigenvalue weighted by atomic mass is 16.7. The number of nitrogens with zero attached hydrogens (tertiary/aromatic N) is 4. The van der Waals surface area contributed by atoms with Gasteiger partial charge >= 0.3 is 6.03 Å². The van der Waals surface area contributed by atoms with Gasteiger partial charge in [-0.3, -0.25) is 9.63 Å². The first-order valence-corrected chi connectivity index (χ1v) is 6.94. The summed E-state index contributed by atoms with van der Waals surface area (Å²) in [6, 6.07) is -0.308. The van der Waals surface area contributed by atoms with Crippen LogP contribution in [0.4, 0.5) is 10.5 Å². The minimum atomic E-state index is -0.160. The van der Waals surface area contributed by atoms with Crippen LogP contribution >= 0.6 is 0 Å². The van der Waals surface area contributed by atoms with Crippen LogP contribution in [-0.4, -0.2) is 57.4 Å². The number of carbonyl (C=O) groups excluding carboxylic acids is 2. The van der Waals surface area contributed by atoms with Gasteiger partial charge in [0.15, 0.2) is 0 Å². The second-order valence-electron chi connectivity index (χ2n) is 5.15. The molecule has 8 heteroatoms. The largest absolute Gasteiger partial charge is 0.345 e. The molecule has 1 fully saturated rings. The van der Waals surface area contributed by atoms with E-state index in [0.717, 1.165) is 5.70 Å². The summed E-state index contributed by atoms with van der Waals surface area (Å²) in [7, 11) is 0. The van der Waals surface area contributed by atoms with Crippen LogP contribution in [0.25, 0.3) is 5.70 Å². The first kappa shape index (κ1) is 14.3. The Morgan fingerprint density at radius 2 is 2.45 bits per heavy atom. The Kier molecular flexibility index (Phi) is 3.68. The summed E-state index contributed by atoms with van der Waals surface area (Å²) in [5.41, 5.74) is 1.48. The van der Waals surface area contributed by atoms with Gasteiger partial charge in [-0.2, -0.15) is 10.2 Å². The molecule has 22 heavy (non-hydrogen) atoms. The number of fused-ring (bicyclic) bond motifs is 2. The normalized spacial score (nSPS) is 20.1. The standard InChI is InChI=1S/C14H17N5O3/c1-3-4-22-19-13-5-12(8-17(9-13)14(19)21)18-7-11(6-15-18)16-10(2)20/h3,5-7,13H,1,4,8-9H2,2H3,(H,16,20). The Bertz CT molecular complexity index is 651. The van der Waals surface area contributed by atoms with E-state index in [4.69, 9.17) is 4.84 Å². The summed E-state index contributed by atoms with van der Waals surface area (Å²) in [6.45, 7) is 6.35. The molecule has 116 valence electrons. The van der Waals surface area contributed by atoms with E-state index in [0.29, 0.717) is 18.8 Å². The molecule has 1 N–H and O–H groups in total. The number of nitrogens with one attached hydrogen (secondary N) is 1. The molecule has 8 nitrogen and oxygen atoms in total. The Morgan fingerprint density at radius 1 is 1.64 bits per heavy atom. The Balaban J connectivity index is 1.78. The van der Waals surface area contributed by atoms with Crippen LogP contribution in [0.1, 0.15) is 6.92 Å². The van der Waals surface area contributed by atoms with Gasteiger partial charge in [-0.25, -0.2) is 9.48 Å². The molecule has 1 unspecified atom stereocenters. The van der Waals surface area contributed by atoms with Crippen LogP contribution in [0, 0.1) is 0 Å². The SMILES string of the molecule is C=CCON1C(=O)N2CC(n3cc(NC(C)=O)cn3)=CC1C2. The van der Waals surface area contributed by atoms with Crippen LogP contribution in [0.3, 0.4) is 0 Å². The number of aromatic nitrogens is 2. The zero-order valence-electron chi connectivity index (χ0n) is 12.2. The van der Waals surface area contributed by atoms with Gasteiger partial charge in [0.05, 0.1) is 43.0 Å². The zero-order valence-corrected chi connectivity index (χ0v) is 12.2. The average Bonchev–Trinajstić information content (AvgIpc) is 3.02. The van der Waals surface area contributed by atoms with Crippen LogP contribution in [0.5, 0.6) is 0 Å². The highest BCUT2D eigenvalue weighted by Gasteiger charge is 2.41. The average molecular weight is 303 g/mol. The van der Waals surface area contributed by atoms with Crippen molar-refractivity contribution in [1.82, 2.24) is 19.7 Å². The maximum atomic E-state index is 12.2. The lowest BCUT2D eigenvalue weighted by atomic mass is 10.2. The maximum Gasteiger partial charge on any atom is 0.345 e. The van der Waals surface area contributed by atoms with Crippen molar-refractivity contribution in [2.45, 2.75) is 13.0 Å².